The largest absolute Gasteiger partial charge is 0.320 e. The van der Waals surface area contributed by atoms with Gasteiger partial charge in [0.2, 0.25) is 0 Å². The van der Waals surface area contributed by atoms with Crippen molar-refractivity contribution < 1.29 is 4.39 Å². The molecule has 18 heavy (non-hydrogen) atoms. The van der Waals surface area contributed by atoms with Crippen LogP contribution in [0.4, 0.5) is 4.39 Å². The van der Waals surface area contributed by atoms with E-state index in [1.807, 2.05) is 6.07 Å². The zero-order valence-corrected chi connectivity index (χ0v) is 15.0. The minimum Gasteiger partial charge on any atom is -0.320 e. The smallest absolute Gasteiger partial charge is 0.129 e. The Kier molecular flexibility index (Phi) is 4.89. The summed E-state index contributed by atoms with van der Waals surface area (Å²) in [6, 6.07) is 4.18. The lowest BCUT2D eigenvalue weighted by Gasteiger charge is -2.13. The number of thiophene rings is 1. The van der Waals surface area contributed by atoms with Crippen molar-refractivity contribution >= 4 is 70.7 Å². The van der Waals surface area contributed by atoms with Crippen LogP contribution < -0.4 is 5.73 Å². The van der Waals surface area contributed by atoms with E-state index in [4.69, 9.17) is 17.3 Å². The van der Waals surface area contributed by atoms with E-state index in [1.54, 1.807) is 6.07 Å². The number of nitrogens with two attached hydrogens (primary N) is 1. The van der Waals surface area contributed by atoms with Crippen molar-refractivity contribution in [1.82, 2.24) is 0 Å². The van der Waals surface area contributed by atoms with Gasteiger partial charge in [-0.15, -0.1) is 11.3 Å². The molecule has 96 valence electrons. The standard InChI is InChI=1S/C11H6Br3ClFNS/c12-6-3-8(16)4(1-7(6)15)10(17)5-2-9(13)18-11(5)14/h1-3,10H,17H2. The minimum absolute atomic E-state index is 0.370. The van der Waals surface area contributed by atoms with Crippen molar-refractivity contribution in [3.63, 3.8) is 0 Å². The molecule has 0 saturated carbocycles. The third kappa shape index (κ3) is 2.99. The summed E-state index contributed by atoms with van der Waals surface area (Å²) in [4.78, 5) is 0. The van der Waals surface area contributed by atoms with E-state index in [9.17, 15) is 4.39 Å². The second kappa shape index (κ2) is 5.89. The highest BCUT2D eigenvalue weighted by molar-refractivity contribution is 9.12. The normalized spacial score (nSPS) is 12.8. The summed E-state index contributed by atoms with van der Waals surface area (Å²) in [5.41, 5.74) is 7.29. The molecule has 2 aromatic rings. The molecule has 1 atom stereocenters. The predicted molar refractivity (Wildman–Crippen MR) is 84.9 cm³/mol. The molecule has 0 saturated heterocycles. The van der Waals surface area contributed by atoms with E-state index < -0.39 is 6.04 Å². The fraction of sp³-hybridized carbons (Fsp3) is 0.0909. The van der Waals surface area contributed by atoms with Crippen LogP contribution in [0.2, 0.25) is 5.02 Å². The molecule has 0 aliphatic carbocycles. The molecule has 0 fully saturated rings. The van der Waals surface area contributed by atoms with Crippen molar-refractivity contribution in [3.05, 3.63) is 52.2 Å². The molecule has 0 radical (unpaired) electrons. The summed E-state index contributed by atoms with van der Waals surface area (Å²) < 4.78 is 16.2. The monoisotopic (exact) mass is 475 g/mol. The maximum atomic E-state index is 13.9. The van der Waals surface area contributed by atoms with Crippen molar-refractivity contribution in [2.45, 2.75) is 6.04 Å². The lowest BCUT2D eigenvalue weighted by atomic mass is 10.0. The third-order valence-corrected chi connectivity index (χ3v) is 5.98. The Morgan fingerprint density at radius 2 is 1.83 bits per heavy atom. The fourth-order valence-corrected chi connectivity index (χ4v) is 4.93. The van der Waals surface area contributed by atoms with Gasteiger partial charge in [0.1, 0.15) is 5.82 Å². The van der Waals surface area contributed by atoms with Crippen molar-refractivity contribution in [2.75, 3.05) is 0 Å². The van der Waals surface area contributed by atoms with Gasteiger partial charge in [0.05, 0.1) is 18.6 Å². The van der Waals surface area contributed by atoms with Crippen LogP contribution in [0.5, 0.6) is 0 Å². The molecule has 0 spiro atoms. The molecule has 2 N–H and O–H groups in total. The highest BCUT2D eigenvalue weighted by Crippen LogP contribution is 2.38. The quantitative estimate of drug-likeness (QED) is 0.537. The van der Waals surface area contributed by atoms with Crippen LogP contribution in [0.15, 0.2) is 30.2 Å². The van der Waals surface area contributed by atoms with Crippen molar-refractivity contribution in [1.29, 1.82) is 0 Å². The molecule has 0 aliphatic heterocycles. The average Bonchev–Trinajstić information content (AvgIpc) is 2.62. The van der Waals surface area contributed by atoms with E-state index in [0.717, 1.165) is 13.1 Å². The molecule has 0 aliphatic rings. The highest BCUT2D eigenvalue weighted by atomic mass is 79.9. The molecule has 1 nitrogen and oxygen atoms in total. The Hall–Kier alpha value is 0.540. The van der Waals surface area contributed by atoms with Gasteiger partial charge in [-0.2, -0.15) is 0 Å². The van der Waals surface area contributed by atoms with Crippen LogP contribution in [-0.4, -0.2) is 0 Å². The summed E-state index contributed by atoms with van der Waals surface area (Å²) in [6.07, 6.45) is 0. The summed E-state index contributed by atoms with van der Waals surface area (Å²) in [6.45, 7) is 0. The third-order valence-electron chi connectivity index (χ3n) is 2.39. The van der Waals surface area contributed by atoms with Gasteiger partial charge in [-0.25, -0.2) is 4.39 Å². The first-order valence-corrected chi connectivity index (χ1v) is 8.32. The lowest BCUT2D eigenvalue weighted by molar-refractivity contribution is 0.599. The van der Waals surface area contributed by atoms with Gasteiger partial charge < -0.3 is 5.73 Å². The van der Waals surface area contributed by atoms with Gasteiger partial charge in [-0.1, -0.05) is 11.6 Å². The molecule has 1 heterocycles. The molecule has 1 unspecified atom stereocenters. The molecule has 7 heteroatoms. The molecule has 0 amide bonds. The topological polar surface area (TPSA) is 26.0 Å². The van der Waals surface area contributed by atoms with Gasteiger partial charge in [0, 0.05) is 10.0 Å². The molecule has 1 aromatic heterocycles. The minimum atomic E-state index is -0.562. The molecular formula is C11H6Br3ClFNS. The van der Waals surface area contributed by atoms with Crippen LogP contribution >= 0.6 is 70.7 Å². The Bertz CT molecular complexity index is 602. The molecular weight excluding hydrogens is 472 g/mol. The van der Waals surface area contributed by atoms with Crippen LogP contribution in [0, 0.1) is 5.82 Å². The molecule has 0 bridgehead atoms. The predicted octanol–water partition coefficient (Wildman–Crippen LogP) is 5.88. The highest BCUT2D eigenvalue weighted by Gasteiger charge is 2.19. The van der Waals surface area contributed by atoms with E-state index in [0.29, 0.717) is 15.1 Å². The first kappa shape index (κ1) is 14.9. The van der Waals surface area contributed by atoms with E-state index in [1.165, 1.54) is 17.4 Å². The van der Waals surface area contributed by atoms with Crippen LogP contribution in [-0.2, 0) is 0 Å². The van der Waals surface area contributed by atoms with Crippen molar-refractivity contribution in [2.24, 2.45) is 5.73 Å². The number of halogens is 5. The van der Waals surface area contributed by atoms with Crippen LogP contribution in [0.1, 0.15) is 17.2 Å². The first-order valence-electron chi connectivity index (χ1n) is 4.75. The van der Waals surface area contributed by atoms with Gasteiger partial charge in [0.15, 0.2) is 0 Å². The van der Waals surface area contributed by atoms with Gasteiger partial charge in [-0.3, -0.25) is 0 Å². The van der Waals surface area contributed by atoms with E-state index >= 15 is 0 Å². The maximum Gasteiger partial charge on any atom is 0.129 e. The SMILES string of the molecule is NC(c1cc(Cl)c(Br)cc1F)c1cc(Br)sc1Br. The second-order valence-electron chi connectivity index (χ2n) is 3.55. The Morgan fingerprint density at radius 1 is 1.17 bits per heavy atom. The van der Waals surface area contributed by atoms with Gasteiger partial charge >= 0.3 is 0 Å². The zero-order chi connectivity index (χ0) is 13.4. The average molecular weight is 478 g/mol. The molecule has 1 aromatic carbocycles. The van der Waals surface area contributed by atoms with Gasteiger partial charge in [0.25, 0.3) is 0 Å². The maximum absolute atomic E-state index is 13.9. The Balaban J connectivity index is 2.49. The number of hydrogen-bond acceptors (Lipinski definition) is 2. The second-order valence-corrected chi connectivity index (χ2v) is 8.56. The summed E-state index contributed by atoms with van der Waals surface area (Å²) >= 11 is 17.4. The lowest BCUT2D eigenvalue weighted by Crippen LogP contribution is -2.13. The number of hydrogen-bond donors (Lipinski definition) is 1. The number of rotatable bonds is 2. The van der Waals surface area contributed by atoms with Gasteiger partial charge in [-0.05, 0) is 71.6 Å². The summed E-state index contributed by atoms with van der Waals surface area (Å²) in [5, 5.41) is 0.437. The van der Waals surface area contributed by atoms with Crippen LogP contribution in [0.3, 0.4) is 0 Å². The van der Waals surface area contributed by atoms with E-state index in [-0.39, 0.29) is 5.82 Å². The summed E-state index contributed by atoms with van der Waals surface area (Å²) in [7, 11) is 0. The Morgan fingerprint density at radius 3 is 2.39 bits per heavy atom. The van der Waals surface area contributed by atoms with Crippen molar-refractivity contribution in [3.8, 4) is 0 Å². The fourth-order valence-electron chi connectivity index (χ4n) is 1.51. The Labute approximate surface area is 138 Å². The summed E-state index contributed by atoms with van der Waals surface area (Å²) in [5.74, 6) is -0.381. The molecule has 2 rings (SSSR count). The van der Waals surface area contributed by atoms with E-state index in [2.05, 4.69) is 47.8 Å². The first-order chi connectivity index (χ1) is 8.40. The zero-order valence-electron chi connectivity index (χ0n) is 8.68. The number of benzene rings is 1. The van der Waals surface area contributed by atoms with Crippen LogP contribution in [0.25, 0.3) is 0 Å².